The van der Waals surface area contributed by atoms with Crippen molar-refractivity contribution in [3.8, 4) is 0 Å². The van der Waals surface area contributed by atoms with E-state index < -0.39 is 0 Å². The average molecular weight is 227 g/mol. The Morgan fingerprint density at radius 3 is 2.60 bits per heavy atom. The maximum absolute atomic E-state index is 9.87. The third kappa shape index (κ3) is 3.58. The molecule has 15 heavy (non-hydrogen) atoms. The van der Waals surface area contributed by atoms with Crippen LogP contribution in [0.1, 0.15) is 63.8 Å². The molecule has 2 nitrogen and oxygen atoms in total. The summed E-state index contributed by atoms with van der Waals surface area (Å²) in [6, 6.07) is 0. The van der Waals surface area contributed by atoms with Crippen LogP contribution in [0.2, 0.25) is 0 Å². The number of aliphatic hydroxyl groups is 1. The van der Waals surface area contributed by atoms with E-state index in [9.17, 15) is 5.11 Å². The van der Waals surface area contributed by atoms with Crippen LogP contribution in [0, 0.1) is 0 Å². The SMILES string of the molecule is CCCCC(O)c1csc(C(C)(C)C)n1. The van der Waals surface area contributed by atoms with E-state index in [1.807, 2.05) is 5.38 Å². The molecule has 86 valence electrons. The first-order valence-electron chi connectivity index (χ1n) is 5.59. The highest BCUT2D eigenvalue weighted by Crippen LogP contribution is 2.28. The third-order valence-electron chi connectivity index (χ3n) is 2.34. The molecular formula is C12H21NOS. The summed E-state index contributed by atoms with van der Waals surface area (Å²) in [5, 5.41) is 13.0. The first-order valence-corrected chi connectivity index (χ1v) is 6.47. The van der Waals surface area contributed by atoms with Gasteiger partial charge in [-0.05, 0) is 6.42 Å². The summed E-state index contributed by atoms with van der Waals surface area (Å²) < 4.78 is 0. The molecule has 0 spiro atoms. The molecule has 1 heterocycles. The van der Waals surface area contributed by atoms with Gasteiger partial charge in [0.1, 0.15) is 0 Å². The van der Waals surface area contributed by atoms with E-state index in [0.29, 0.717) is 0 Å². The number of hydrogen-bond donors (Lipinski definition) is 1. The second kappa shape index (κ2) is 5.08. The van der Waals surface area contributed by atoms with Crippen molar-refractivity contribution >= 4 is 11.3 Å². The molecule has 0 aromatic carbocycles. The van der Waals surface area contributed by atoms with Gasteiger partial charge < -0.3 is 5.11 Å². The van der Waals surface area contributed by atoms with Crippen molar-refractivity contribution in [2.45, 2.75) is 58.5 Å². The number of aliphatic hydroxyl groups excluding tert-OH is 1. The number of aromatic nitrogens is 1. The highest BCUT2D eigenvalue weighted by Gasteiger charge is 2.20. The van der Waals surface area contributed by atoms with Crippen molar-refractivity contribution in [2.24, 2.45) is 0 Å². The van der Waals surface area contributed by atoms with Gasteiger partial charge in [-0.3, -0.25) is 0 Å². The smallest absolute Gasteiger partial charge is 0.0983 e. The van der Waals surface area contributed by atoms with Crippen molar-refractivity contribution in [2.75, 3.05) is 0 Å². The lowest BCUT2D eigenvalue weighted by Gasteiger charge is -2.14. The zero-order valence-electron chi connectivity index (χ0n) is 10.1. The fourth-order valence-corrected chi connectivity index (χ4v) is 2.28. The molecular weight excluding hydrogens is 206 g/mol. The van der Waals surface area contributed by atoms with Crippen LogP contribution in [-0.4, -0.2) is 10.1 Å². The summed E-state index contributed by atoms with van der Waals surface area (Å²) >= 11 is 1.65. The largest absolute Gasteiger partial charge is 0.387 e. The normalized spacial score (nSPS) is 14.2. The molecule has 0 fully saturated rings. The monoisotopic (exact) mass is 227 g/mol. The minimum Gasteiger partial charge on any atom is -0.387 e. The Balaban J connectivity index is 2.67. The van der Waals surface area contributed by atoms with Gasteiger partial charge >= 0.3 is 0 Å². The highest BCUT2D eigenvalue weighted by atomic mass is 32.1. The van der Waals surface area contributed by atoms with Crippen LogP contribution in [0.15, 0.2) is 5.38 Å². The summed E-state index contributed by atoms with van der Waals surface area (Å²) in [4.78, 5) is 4.50. The Bertz CT molecular complexity index is 301. The molecule has 1 rings (SSSR count). The summed E-state index contributed by atoms with van der Waals surface area (Å²) in [7, 11) is 0. The number of rotatable bonds is 4. The topological polar surface area (TPSA) is 33.1 Å². The molecule has 0 amide bonds. The first kappa shape index (κ1) is 12.7. The zero-order chi connectivity index (χ0) is 11.5. The maximum atomic E-state index is 9.87. The molecule has 0 saturated heterocycles. The van der Waals surface area contributed by atoms with Gasteiger partial charge in [0.2, 0.25) is 0 Å². The molecule has 0 aliphatic heterocycles. The first-order chi connectivity index (χ1) is 6.95. The van der Waals surface area contributed by atoms with E-state index in [0.717, 1.165) is 30.0 Å². The van der Waals surface area contributed by atoms with Crippen molar-refractivity contribution in [3.05, 3.63) is 16.1 Å². The van der Waals surface area contributed by atoms with Gasteiger partial charge in [0.05, 0.1) is 16.8 Å². The summed E-state index contributed by atoms with van der Waals surface area (Å²) in [5.74, 6) is 0. The quantitative estimate of drug-likeness (QED) is 0.851. The van der Waals surface area contributed by atoms with E-state index in [4.69, 9.17) is 0 Å². The van der Waals surface area contributed by atoms with Crippen LogP contribution in [-0.2, 0) is 5.41 Å². The molecule has 0 aliphatic rings. The predicted molar refractivity (Wildman–Crippen MR) is 65.3 cm³/mol. The predicted octanol–water partition coefficient (Wildman–Crippen LogP) is 3.66. The van der Waals surface area contributed by atoms with Crippen molar-refractivity contribution in [1.29, 1.82) is 0 Å². The minimum absolute atomic E-state index is 0.0907. The molecule has 1 aromatic rings. The fourth-order valence-electron chi connectivity index (χ4n) is 1.33. The molecule has 0 bridgehead atoms. The van der Waals surface area contributed by atoms with Gasteiger partial charge in [0, 0.05) is 10.8 Å². The van der Waals surface area contributed by atoms with Crippen LogP contribution in [0.3, 0.4) is 0 Å². The second-order valence-corrected chi connectivity index (χ2v) is 5.84. The van der Waals surface area contributed by atoms with Crippen molar-refractivity contribution in [3.63, 3.8) is 0 Å². The minimum atomic E-state index is -0.378. The third-order valence-corrected chi connectivity index (χ3v) is 3.62. The Morgan fingerprint density at radius 1 is 1.47 bits per heavy atom. The summed E-state index contributed by atoms with van der Waals surface area (Å²) in [6.45, 7) is 8.57. The standard InChI is InChI=1S/C12H21NOS/c1-5-6-7-10(14)9-8-15-11(13-9)12(2,3)4/h8,10,14H,5-7H2,1-4H3. The molecule has 1 atom stereocenters. The zero-order valence-corrected chi connectivity index (χ0v) is 10.9. The number of hydrogen-bond acceptors (Lipinski definition) is 3. The van der Waals surface area contributed by atoms with Crippen LogP contribution in [0.5, 0.6) is 0 Å². The van der Waals surface area contributed by atoms with Crippen molar-refractivity contribution < 1.29 is 5.11 Å². The number of nitrogens with zero attached hydrogens (tertiary/aromatic N) is 1. The van der Waals surface area contributed by atoms with Gasteiger partial charge in [-0.25, -0.2) is 4.98 Å². The van der Waals surface area contributed by atoms with E-state index in [2.05, 4.69) is 32.7 Å². The van der Waals surface area contributed by atoms with Gasteiger partial charge in [0.25, 0.3) is 0 Å². The van der Waals surface area contributed by atoms with E-state index in [1.54, 1.807) is 11.3 Å². The molecule has 0 saturated carbocycles. The molecule has 1 aromatic heterocycles. The van der Waals surface area contributed by atoms with Gasteiger partial charge in [0.15, 0.2) is 0 Å². The van der Waals surface area contributed by atoms with Crippen LogP contribution >= 0.6 is 11.3 Å². The Labute approximate surface area is 96.4 Å². The highest BCUT2D eigenvalue weighted by molar-refractivity contribution is 7.09. The van der Waals surface area contributed by atoms with Crippen molar-refractivity contribution in [1.82, 2.24) is 4.98 Å². The van der Waals surface area contributed by atoms with Crippen LogP contribution in [0.4, 0.5) is 0 Å². The maximum Gasteiger partial charge on any atom is 0.0983 e. The molecule has 1 N–H and O–H groups in total. The van der Waals surface area contributed by atoms with Gasteiger partial charge in [-0.15, -0.1) is 11.3 Å². The van der Waals surface area contributed by atoms with Crippen LogP contribution in [0.25, 0.3) is 0 Å². The van der Waals surface area contributed by atoms with Crippen LogP contribution < -0.4 is 0 Å². The Hall–Kier alpha value is -0.410. The van der Waals surface area contributed by atoms with E-state index in [1.165, 1.54) is 0 Å². The van der Waals surface area contributed by atoms with Gasteiger partial charge in [-0.1, -0.05) is 40.5 Å². The Morgan fingerprint density at radius 2 is 2.13 bits per heavy atom. The second-order valence-electron chi connectivity index (χ2n) is 4.99. The summed E-state index contributed by atoms with van der Waals surface area (Å²) in [6.07, 6.45) is 2.62. The van der Waals surface area contributed by atoms with Gasteiger partial charge in [-0.2, -0.15) is 0 Å². The molecule has 0 aliphatic carbocycles. The number of unbranched alkanes of at least 4 members (excludes halogenated alkanes) is 1. The molecule has 1 unspecified atom stereocenters. The van der Waals surface area contributed by atoms with E-state index in [-0.39, 0.29) is 11.5 Å². The lowest BCUT2D eigenvalue weighted by molar-refractivity contribution is 0.160. The lowest BCUT2D eigenvalue weighted by Crippen LogP contribution is -2.11. The molecule has 0 radical (unpaired) electrons. The summed E-state index contributed by atoms with van der Waals surface area (Å²) in [5.41, 5.74) is 0.936. The fraction of sp³-hybridized carbons (Fsp3) is 0.750. The number of thiazole rings is 1. The average Bonchev–Trinajstić information content (AvgIpc) is 2.62. The Kier molecular flexibility index (Phi) is 4.29. The lowest BCUT2D eigenvalue weighted by atomic mass is 9.98. The molecule has 3 heteroatoms. The van der Waals surface area contributed by atoms with E-state index >= 15 is 0 Å².